The van der Waals surface area contributed by atoms with E-state index in [0.717, 1.165) is 5.56 Å². The lowest BCUT2D eigenvalue weighted by Gasteiger charge is -2.16. The van der Waals surface area contributed by atoms with E-state index >= 15 is 0 Å². The van der Waals surface area contributed by atoms with Crippen molar-refractivity contribution in [1.29, 1.82) is 0 Å². The molecule has 2 nitrogen and oxygen atoms in total. The maximum Gasteiger partial charge on any atom is 0.141 e. The quantitative estimate of drug-likeness (QED) is 0.858. The summed E-state index contributed by atoms with van der Waals surface area (Å²) in [4.78, 5) is 0. The van der Waals surface area contributed by atoms with Crippen molar-refractivity contribution in [3.63, 3.8) is 0 Å². The molecule has 0 saturated heterocycles. The molecule has 0 fully saturated rings. The van der Waals surface area contributed by atoms with Gasteiger partial charge in [0, 0.05) is 23.2 Å². The second-order valence-electron chi connectivity index (χ2n) is 4.55. The van der Waals surface area contributed by atoms with Gasteiger partial charge < -0.3 is 10.4 Å². The van der Waals surface area contributed by atoms with E-state index in [4.69, 9.17) is 23.2 Å². The van der Waals surface area contributed by atoms with Gasteiger partial charge in [-0.05, 0) is 42.8 Å². The molecule has 0 aliphatic rings. The van der Waals surface area contributed by atoms with Gasteiger partial charge in [0.25, 0.3) is 0 Å². The van der Waals surface area contributed by atoms with Gasteiger partial charge in [-0.3, -0.25) is 0 Å². The molecule has 5 heteroatoms. The highest BCUT2D eigenvalue weighted by atomic mass is 35.5. The Kier molecular flexibility index (Phi) is 4.86. The van der Waals surface area contributed by atoms with Gasteiger partial charge in [-0.25, -0.2) is 4.39 Å². The zero-order valence-corrected chi connectivity index (χ0v) is 12.3. The first kappa shape index (κ1) is 15.1. The van der Waals surface area contributed by atoms with E-state index in [-0.39, 0.29) is 16.8 Å². The third-order valence-corrected chi connectivity index (χ3v) is 3.58. The van der Waals surface area contributed by atoms with E-state index in [1.807, 2.05) is 6.92 Å². The summed E-state index contributed by atoms with van der Waals surface area (Å²) in [6, 6.07) is 9.38. The molecule has 2 aromatic rings. The maximum absolute atomic E-state index is 13.1. The Morgan fingerprint density at radius 3 is 2.65 bits per heavy atom. The van der Waals surface area contributed by atoms with Crippen LogP contribution in [0.25, 0.3) is 0 Å². The average Bonchev–Trinajstić information content (AvgIpc) is 2.42. The van der Waals surface area contributed by atoms with Crippen molar-refractivity contribution in [2.75, 3.05) is 0 Å². The fourth-order valence-corrected chi connectivity index (χ4v) is 2.29. The van der Waals surface area contributed by atoms with Gasteiger partial charge in [0.2, 0.25) is 0 Å². The Morgan fingerprint density at radius 1 is 1.20 bits per heavy atom. The Morgan fingerprint density at radius 2 is 1.95 bits per heavy atom. The van der Waals surface area contributed by atoms with Crippen LogP contribution < -0.4 is 5.32 Å². The SMILES string of the molecule is CC(NCc1ccc(F)c(Cl)c1)c1cc(Cl)ccc1O. The number of benzene rings is 2. The summed E-state index contributed by atoms with van der Waals surface area (Å²) in [5.74, 6) is -0.248. The van der Waals surface area contributed by atoms with E-state index in [9.17, 15) is 9.50 Å². The first-order valence-corrected chi connectivity index (χ1v) is 6.88. The van der Waals surface area contributed by atoms with Crippen molar-refractivity contribution in [2.45, 2.75) is 19.5 Å². The summed E-state index contributed by atoms with van der Waals surface area (Å²) in [7, 11) is 0. The average molecular weight is 314 g/mol. The molecular weight excluding hydrogens is 300 g/mol. The lowest BCUT2D eigenvalue weighted by atomic mass is 10.1. The van der Waals surface area contributed by atoms with Crippen LogP contribution in [0.15, 0.2) is 36.4 Å². The number of rotatable bonds is 4. The second-order valence-corrected chi connectivity index (χ2v) is 5.40. The second kappa shape index (κ2) is 6.44. The molecule has 0 amide bonds. The predicted octanol–water partition coefficient (Wildman–Crippen LogP) is 4.69. The van der Waals surface area contributed by atoms with Crippen molar-refractivity contribution in [2.24, 2.45) is 0 Å². The van der Waals surface area contributed by atoms with E-state index in [0.29, 0.717) is 17.1 Å². The highest BCUT2D eigenvalue weighted by Crippen LogP contribution is 2.27. The van der Waals surface area contributed by atoms with Gasteiger partial charge in [-0.2, -0.15) is 0 Å². The smallest absolute Gasteiger partial charge is 0.141 e. The van der Waals surface area contributed by atoms with Gasteiger partial charge in [0.1, 0.15) is 11.6 Å². The number of phenolic OH excluding ortho intramolecular Hbond substituents is 1. The zero-order valence-electron chi connectivity index (χ0n) is 10.8. The van der Waals surface area contributed by atoms with Gasteiger partial charge >= 0.3 is 0 Å². The van der Waals surface area contributed by atoms with Gasteiger partial charge in [0.05, 0.1) is 5.02 Å². The maximum atomic E-state index is 13.1. The number of phenols is 1. The molecule has 0 aromatic heterocycles. The molecule has 0 heterocycles. The monoisotopic (exact) mass is 313 g/mol. The number of hydrogen-bond donors (Lipinski definition) is 2. The first-order chi connectivity index (χ1) is 9.47. The van der Waals surface area contributed by atoms with Crippen molar-refractivity contribution < 1.29 is 9.50 Å². The zero-order chi connectivity index (χ0) is 14.7. The Labute approximate surface area is 127 Å². The van der Waals surface area contributed by atoms with Crippen LogP contribution in [0.3, 0.4) is 0 Å². The van der Waals surface area contributed by atoms with Crippen molar-refractivity contribution in [3.8, 4) is 5.75 Å². The van der Waals surface area contributed by atoms with Gasteiger partial charge in [-0.15, -0.1) is 0 Å². The van der Waals surface area contributed by atoms with Crippen LogP contribution in [-0.4, -0.2) is 5.11 Å². The van der Waals surface area contributed by atoms with E-state index in [1.165, 1.54) is 6.07 Å². The number of hydrogen-bond acceptors (Lipinski definition) is 2. The summed E-state index contributed by atoms with van der Waals surface area (Å²) in [6.45, 7) is 2.42. The Balaban J connectivity index is 2.06. The van der Waals surface area contributed by atoms with Gasteiger partial charge in [-0.1, -0.05) is 29.3 Å². The minimum absolute atomic E-state index is 0.0995. The van der Waals surface area contributed by atoms with Crippen LogP contribution in [0.4, 0.5) is 4.39 Å². The number of nitrogens with one attached hydrogen (secondary N) is 1. The van der Waals surface area contributed by atoms with Crippen molar-refractivity contribution in [3.05, 3.63) is 63.4 Å². The lowest BCUT2D eigenvalue weighted by molar-refractivity contribution is 0.452. The Hall–Kier alpha value is -1.29. The van der Waals surface area contributed by atoms with Crippen LogP contribution in [0, 0.1) is 5.82 Å². The standard InChI is InChI=1S/C15H14Cl2FNO/c1-9(12-7-11(16)3-5-15(12)20)19-8-10-2-4-14(18)13(17)6-10/h2-7,9,19-20H,8H2,1H3. The topological polar surface area (TPSA) is 32.3 Å². The fourth-order valence-electron chi connectivity index (χ4n) is 1.90. The van der Waals surface area contributed by atoms with Crippen LogP contribution >= 0.6 is 23.2 Å². The molecule has 2 N–H and O–H groups in total. The van der Waals surface area contributed by atoms with Crippen molar-refractivity contribution in [1.82, 2.24) is 5.32 Å². The molecule has 1 unspecified atom stereocenters. The molecule has 0 aliphatic heterocycles. The first-order valence-electron chi connectivity index (χ1n) is 6.13. The molecule has 0 aliphatic carbocycles. The molecule has 1 atom stereocenters. The summed E-state index contributed by atoms with van der Waals surface area (Å²) in [6.07, 6.45) is 0. The van der Waals surface area contributed by atoms with E-state index in [2.05, 4.69) is 5.32 Å². The van der Waals surface area contributed by atoms with Crippen LogP contribution in [-0.2, 0) is 6.54 Å². The molecule has 0 spiro atoms. The molecule has 20 heavy (non-hydrogen) atoms. The molecule has 0 saturated carbocycles. The van der Waals surface area contributed by atoms with Crippen molar-refractivity contribution >= 4 is 23.2 Å². The summed E-state index contributed by atoms with van der Waals surface area (Å²) in [5.41, 5.74) is 1.58. The van der Waals surface area contributed by atoms with Crippen LogP contribution in [0.1, 0.15) is 24.1 Å². The van der Waals surface area contributed by atoms with Gasteiger partial charge in [0.15, 0.2) is 0 Å². The molecular formula is C15H14Cl2FNO. The minimum Gasteiger partial charge on any atom is -0.508 e. The molecule has 2 aromatic carbocycles. The predicted molar refractivity (Wildman–Crippen MR) is 79.8 cm³/mol. The van der Waals surface area contributed by atoms with E-state index < -0.39 is 5.82 Å². The lowest BCUT2D eigenvalue weighted by Crippen LogP contribution is -2.18. The molecule has 2 rings (SSSR count). The molecule has 0 radical (unpaired) electrons. The summed E-state index contributed by atoms with van der Waals surface area (Å²) >= 11 is 11.7. The highest BCUT2D eigenvalue weighted by Gasteiger charge is 2.11. The molecule has 0 bridgehead atoms. The summed E-state index contributed by atoms with van der Waals surface area (Å²) < 4.78 is 13.1. The van der Waals surface area contributed by atoms with Crippen LogP contribution in [0.2, 0.25) is 10.0 Å². The Bertz CT molecular complexity index is 619. The summed E-state index contributed by atoms with van der Waals surface area (Å²) in [5, 5.41) is 13.7. The molecule has 106 valence electrons. The van der Waals surface area contributed by atoms with Crippen LogP contribution in [0.5, 0.6) is 5.75 Å². The fraction of sp³-hybridized carbons (Fsp3) is 0.200. The normalized spacial score (nSPS) is 12.4. The minimum atomic E-state index is -0.434. The third kappa shape index (κ3) is 3.63. The third-order valence-electron chi connectivity index (χ3n) is 3.05. The number of halogens is 3. The van der Waals surface area contributed by atoms with E-state index in [1.54, 1.807) is 30.3 Å². The largest absolute Gasteiger partial charge is 0.508 e. The highest BCUT2D eigenvalue weighted by molar-refractivity contribution is 6.31. The number of aromatic hydroxyl groups is 1.